The summed E-state index contributed by atoms with van der Waals surface area (Å²) in [5.41, 5.74) is 3.83. The third-order valence-corrected chi connectivity index (χ3v) is 3.32. The van der Waals surface area contributed by atoms with Gasteiger partial charge in [-0.25, -0.2) is 4.39 Å². The minimum Gasteiger partial charge on any atom is -0.392 e. The van der Waals surface area contributed by atoms with Crippen LogP contribution in [0.2, 0.25) is 0 Å². The van der Waals surface area contributed by atoms with Gasteiger partial charge in [0.2, 0.25) is 0 Å². The molecule has 1 aliphatic rings. The van der Waals surface area contributed by atoms with E-state index in [1.807, 2.05) is 24.3 Å². The number of rotatable bonds is 2. The van der Waals surface area contributed by atoms with Crippen LogP contribution >= 0.6 is 0 Å². The van der Waals surface area contributed by atoms with Crippen LogP contribution in [0.15, 0.2) is 42.5 Å². The van der Waals surface area contributed by atoms with Crippen LogP contribution < -0.4 is 4.90 Å². The number of aliphatic hydroxyl groups is 1. The molecule has 2 aromatic carbocycles. The molecule has 3 heteroatoms. The summed E-state index contributed by atoms with van der Waals surface area (Å²) in [6, 6.07) is 12.9. The zero-order valence-corrected chi connectivity index (χ0v) is 9.94. The van der Waals surface area contributed by atoms with Gasteiger partial charge in [-0.3, -0.25) is 0 Å². The predicted molar refractivity (Wildman–Crippen MR) is 69.5 cm³/mol. The van der Waals surface area contributed by atoms with Gasteiger partial charge >= 0.3 is 0 Å². The fraction of sp³-hybridized carbons (Fsp3) is 0.200. The summed E-state index contributed by atoms with van der Waals surface area (Å²) in [5.74, 6) is -0.305. The van der Waals surface area contributed by atoms with Crippen molar-refractivity contribution in [3.05, 3.63) is 59.4 Å². The first-order valence-electron chi connectivity index (χ1n) is 6.04. The zero-order chi connectivity index (χ0) is 12.5. The molecule has 1 heterocycles. The lowest BCUT2D eigenvalue weighted by Crippen LogP contribution is -2.13. The topological polar surface area (TPSA) is 23.5 Å². The Bertz CT molecular complexity index is 582. The molecule has 2 aromatic rings. The Kier molecular flexibility index (Phi) is 2.76. The first-order chi connectivity index (χ1) is 8.78. The Balaban J connectivity index is 2.04. The van der Waals surface area contributed by atoms with E-state index in [9.17, 15) is 4.39 Å². The molecule has 0 aromatic heterocycles. The fourth-order valence-corrected chi connectivity index (χ4v) is 2.49. The number of aliphatic hydroxyl groups excluding tert-OH is 1. The number of hydrogen-bond acceptors (Lipinski definition) is 2. The number of anilines is 2. The van der Waals surface area contributed by atoms with Crippen LogP contribution in [0.4, 0.5) is 15.8 Å². The molecule has 0 unspecified atom stereocenters. The third kappa shape index (κ3) is 1.87. The molecule has 0 spiro atoms. The molecule has 92 valence electrons. The first-order valence-corrected chi connectivity index (χ1v) is 6.04. The van der Waals surface area contributed by atoms with Crippen molar-refractivity contribution >= 4 is 11.4 Å². The van der Waals surface area contributed by atoms with E-state index in [-0.39, 0.29) is 12.4 Å². The maximum absolute atomic E-state index is 13.5. The lowest BCUT2D eigenvalue weighted by Gasteiger charge is -2.20. The van der Waals surface area contributed by atoms with Crippen molar-refractivity contribution < 1.29 is 9.50 Å². The smallest absolute Gasteiger partial charge is 0.125 e. The monoisotopic (exact) mass is 243 g/mol. The highest BCUT2D eigenvalue weighted by atomic mass is 19.1. The van der Waals surface area contributed by atoms with Gasteiger partial charge in [-0.05, 0) is 41.8 Å². The van der Waals surface area contributed by atoms with E-state index >= 15 is 0 Å². The Morgan fingerprint density at radius 2 is 2.00 bits per heavy atom. The summed E-state index contributed by atoms with van der Waals surface area (Å²) in [4.78, 5) is 2.09. The summed E-state index contributed by atoms with van der Waals surface area (Å²) in [5, 5.41) is 9.14. The number of halogens is 1. The van der Waals surface area contributed by atoms with Crippen LogP contribution in [0.3, 0.4) is 0 Å². The van der Waals surface area contributed by atoms with Gasteiger partial charge in [0.05, 0.1) is 6.61 Å². The summed E-state index contributed by atoms with van der Waals surface area (Å²) < 4.78 is 13.5. The average molecular weight is 243 g/mol. The highest BCUT2D eigenvalue weighted by molar-refractivity contribution is 5.70. The van der Waals surface area contributed by atoms with Gasteiger partial charge in [-0.1, -0.05) is 18.2 Å². The summed E-state index contributed by atoms with van der Waals surface area (Å²) in [6.07, 6.45) is 0.973. The van der Waals surface area contributed by atoms with Crippen LogP contribution in [0.25, 0.3) is 0 Å². The molecule has 0 atom stereocenters. The van der Waals surface area contributed by atoms with E-state index in [0.29, 0.717) is 5.56 Å². The molecule has 0 amide bonds. The Morgan fingerprint density at radius 3 is 2.83 bits per heavy atom. The Hall–Kier alpha value is -1.87. The first kappa shape index (κ1) is 11.2. The van der Waals surface area contributed by atoms with Gasteiger partial charge < -0.3 is 10.0 Å². The van der Waals surface area contributed by atoms with Crippen LogP contribution in [0.1, 0.15) is 11.1 Å². The number of benzene rings is 2. The molecule has 0 saturated carbocycles. The highest BCUT2D eigenvalue weighted by Crippen LogP contribution is 2.34. The molecule has 0 radical (unpaired) electrons. The Labute approximate surface area is 105 Å². The number of fused-ring (bicyclic) bond motifs is 1. The van der Waals surface area contributed by atoms with E-state index in [1.165, 1.54) is 17.7 Å². The lowest BCUT2D eigenvalue weighted by atomic mass is 10.1. The van der Waals surface area contributed by atoms with Crippen molar-refractivity contribution in [3.8, 4) is 0 Å². The van der Waals surface area contributed by atoms with Crippen LogP contribution in [-0.4, -0.2) is 11.7 Å². The van der Waals surface area contributed by atoms with Crippen molar-refractivity contribution in [2.45, 2.75) is 13.0 Å². The molecule has 0 bridgehead atoms. The predicted octanol–water partition coefficient (Wildman–Crippen LogP) is 3.01. The highest BCUT2D eigenvalue weighted by Gasteiger charge is 2.20. The van der Waals surface area contributed by atoms with Gasteiger partial charge in [0.15, 0.2) is 0 Å². The standard InChI is InChI=1S/C15H14FNO/c16-13-7-11(10-18)8-14(9-13)17-6-5-12-3-1-2-4-15(12)17/h1-4,7-9,18H,5-6,10H2. The van der Waals surface area contributed by atoms with Gasteiger partial charge in [0.25, 0.3) is 0 Å². The molecule has 1 N–H and O–H groups in total. The lowest BCUT2D eigenvalue weighted by molar-refractivity contribution is 0.281. The van der Waals surface area contributed by atoms with Crippen LogP contribution in [-0.2, 0) is 13.0 Å². The quantitative estimate of drug-likeness (QED) is 0.876. The van der Waals surface area contributed by atoms with Crippen molar-refractivity contribution in [3.63, 3.8) is 0 Å². The fourth-order valence-electron chi connectivity index (χ4n) is 2.49. The molecule has 0 saturated heterocycles. The molecule has 1 aliphatic heterocycles. The molecular formula is C15H14FNO. The maximum Gasteiger partial charge on any atom is 0.125 e. The van der Waals surface area contributed by atoms with Crippen LogP contribution in [0.5, 0.6) is 0 Å². The second-order valence-electron chi connectivity index (χ2n) is 4.51. The van der Waals surface area contributed by atoms with Crippen molar-refractivity contribution in [1.82, 2.24) is 0 Å². The van der Waals surface area contributed by atoms with Crippen LogP contribution in [0, 0.1) is 5.82 Å². The van der Waals surface area contributed by atoms with Crippen molar-refractivity contribution in [2.24, 2.45) is 0 Å². The van der Waals surface area contributed by atoms with Crippen molar-refractivity contribution in [2.75, 3.05) is 11.4 Å². The van der Waals surface area contributed by atoms with Gasteiger partial charge in [0.1, 0.15) is 5.82 Å². The molecular weight excluding hydrogens is 229 g/mol. The molecule has 18 heavy (non-hydrogen) atoms. The summed E-state index contributed by atoms with van der Waals surface area (Å²) >= 11 is 0. The summed E-state index contributed by atoms with van der Waals surface area (Å²) in [7, 11) is 0. The second kappa shape index (κ2) is 4.42. The normalized spacial score (nSPS) is 13.8. The van der Waals surface area contributed by atoms with E-state index in [2.05, 4.69) is 11.0 Å². The second-order valence-corrected chi connectivity index (χ2v) is 4.51. The van der Waals surface area contributed by atoms with E-state index in [0.717, 1.165) is 24.3 Å². The van der Waals surface area contributed by atoms with E-state index in [1.54, 1.807) is 0 Å². The van der Waals surface area contributed by atoms with E-state index < -0.39 is 0 Å². The SMILES string of the molecule is OCc1cc(F)cc(N2CCc3ccccc32)c1. The average Bonchev–Trinajstić information content (AvgIpc) is 2.81. The number of para-hydroxylation sites is 1. The molecule has 0 fully saturated rings. The third-order valence-electron chi connectivity index (χ3n) is 3.32. The zero-order valence-electron chi connectivity index (χ0n) is 9.94. The minimum atomic E-state index is -0.305. The largest absolute Gasteiger partial charge is 0.392 e. The van der Waals surface area contributed by atoms with Crippen molar-refractivity contribution in [1.29, 1.82) is 0 Å². The van der Waals surface area contributed by atoms with Gasteiger partial charge in [-0.15, -0.1) is 0 Å². The van der Waals surface area contributed by atoms with E-state index in [4.69, 9.17) is 5.11 Å². The maximum atomic E-state index is 13.5. The summed E-state index contributed by atoms with van der Waals surface area (Å²) in [6.45, 7) is 0.716. The molecule has 0 aliphatic carbocycles. The number of nitrogens with zero attached hydrogens (tertiary/aromatic N) is 1. The molecule has 3 rings (SSSR count). The van der Waals surface area contributed by atoms with Gasteiger partial charge in [0, 0.05) is 17.9 Å². The minimum absolute atomic E-state index is 0.139. The Morgan fingerprint density at radius 1 is 1.17 bits per heavy atom. The number of hydrogen-bond donors (Lipinski definition) is 1. The molecule has 2 nitrogen and oxygen atoms in total. The van der Waals surface area contributed by atoms with Gasteiger partial charge in [-0.2, -0.15) is 0 Å².